The van der Waals surface area contributed by atoms with Crippen LogP contribution >= 0.6 is 0 Å². The zero-order valence-corrected chi connectivity index (χ0v) is 12.8. The van der Waals surface area contributed by atoms with Crippen LogP contribution in [0.4, 0.5) is 4.79 Å². The lowest BCUT2D eigenvalue weighted by atomic mass is 10.2. The number of aliphatic carboxylic acids is 1. The number of ether oxygens (including phenoxy) is 3. The van der Waals surface area contributed by atoms with Crippen LogP contribution in [0.1, 0.15) is 18.4 Å². The van der Waals surface area contributed by atoms with Gasteiger partial charge < -0.3 is 19.3 Å². The Balaban J connectivity index is 2.00. The molecule has 7 nitrogen and oxygen atoms in total. The van der Waals surface area contributed by atoms with Gasteiger partial charge in [0, 0.05) is 13.2 Å². The maximum atomic E-state index is 12.3. The molecule has 0 bridgehead atoms. The molecule has 1 aromatic rings. The van der Waals surface area contributed by atoms with E-state index in [1.54, 1.807) is 0 Å². The number of carboxylic acid groups (broad SMARTS) is 1. The van der Waals surface area contributed by atoms with Crippen LogP contribution in [0.2, 0.25) is 0 Å². The number of rotatable bonds is 3. The molecule has 0 radical (unpaired) electrons. The van der Waals surface area contributed by atoms with Gasteiger partial charge in [0.25, 0.3) is 0 Å². The molecule has 1 N–H and O–H groups in total. The van der Waals surface area contributed by atoms with E-state index in [1.807, 2.05) is 30.3 Å². The molecule has 0 aromatic heterocycles. The summed E-state index contributed by atoms with van der Waals surface area (Å²) in [6.07, 6.45) is 0.862. The molecule has 0 unspecified atom stereocenters. The van der Waals surface area contributed by atoms with Crippen LogP contribution in [0, 0.1) is 0 Å². The van der Waals surface area contributed by atoms with Crippen molar-refractivity contribution in [2.75, 3.05) is 26.6 Å². The molecule has 0 aliphatic carbocycles. The summed E-state index contributed by atoms with van der Waals surface area (Å²) in [4.78, 5) is 24.7. The van der Waals surface area contributed by atoms with Crippen LogP contribution < -0.4 is 0 Å². The van der Waals surface area contributed by atoms with E-state index in [-0.39, 0.29) is 19.9 Å². The minimum Gasteiger partial charge on any atom is -0.480 e. The van der Waals surface area contributed by atoms with Gasteiger partial charge in [0.1, 0.15) is 13.3 Å². The number of carboxylic acids is 1. The monoisotopic (exact) mass is 323 g/mol. The van der Waals surface area contributed by atoms with Crippen molar-refractivity contribution in [3.8, 4) is 0 Å². The molecule has 1 fully saturated rings. The molecule has 1 aromatic carbocycles. The van der Waals surface area contributed by atoms with Crippen molar-refractivity contribution in [3.05, 3.63) is 35.9 Å². The van der Waals surface area contributed by atoms with E-state index in [0.717, 1.165) is 23.3 Å². The molecular weight excluding hydrogens is 302 g/mol. The topological polar surface area (TPSA) is 85.3 Å². The van der Waals surface area contributed by atoms with Crippen LogP contribution in [0.25, 0.3) is 0 Å². The predicted octanol–water partition coefficient (Wildman–Crippen LogP) is 1.86. The SMILES string of the molecule is O=C(O)[C@@H]1COCCCCOCN1C(=O)OCc1ccccc1. The lowest BCUT2D eigenvalue weighted by Gasteiger charge is -2.28. The number of amides is 1. The highest BCUT2D eigenvalue weighted by Crippen LogP contribution is 2.10. The van der Waals surface area contributed by atoms with Gasteiger partial charge >= 0.3 is 12.1 Å². The Morgan fingerprint density at radius 3 is 2.57 bits per heavy atom. The van der Waals surface area contributed by atoms with E-state index in [1.165, 1.54) is 0 Å². The lowest BCUT2D eigenvalue weighted by molar-refractivity contribution is -0.148. The molecule has 1 heterocycles. The third-order valence-corrected chi connectivity index (χ3v) is 3.43. The molecule has 2 rings (SSSR count). The van der Waals surface area contributed by atoms with E-state index >= 15 is 0 Å². The first-order chi connectivity index (χ1) is 11.2. The molecule has 7 heteroatoms. The largest absolute Gasteiger partial charge is 0.480 e. The lowest BCUT2D eigenvalue weighted by Crippen LogP contribution is -2.49. The maximum Gasteiger partial charge on any atom is 0.412 e. The summed E-state index contributed by atoms with van der Waals surface area (Å²) in [6.45, 7) is 0.745. The van der Waals surface area contributed by atoms with Crippen LogP contribution in [0.15, 0.2) is 30.3 Å². The van der Waals surface area contributed by atoms with Gasteiger partial charge in [0.05, 0.1) is 6.61 Å². The average molecular weight is 323 g/mol. The number of hydrogen-bond acceptors (Lipinski definition) is 5. The molecule has 1 aliphatic rings. The van der Waals surface area contributed by atoms with Gasteiger partial charge in [-0.3, -0.25) is 4.90 Å². The third kappa shape index (κ3) is 5.54. The van der Waals surface area contributed by atoms with Crippen molar-refractivity contribution in [1.29, 1.82) is 0 Å². The van der Waals surface area contributed by atoms with Crippen LogP contribution in [0.5, 0.6) is 0 Å². The summed E-state index contributed by atoms with van der Waals surface area (Å²) in [5.74, 6) is -1.15. The summed E-state index contributed by atoms with van der Waals surface area (Å²) in [7, 11) is 0. The van der Waals surface area contributed by atoms with Crippen molar-refractivity contribution in [1.82, 2.24) is 4.90 Å². The normalized spacial score (nSPS) is 19.8. The number of carbonyl (C=O) groups is 2. The fraction of sp³-hybridized carbons (Fsp3) is 0.500. The molecule has 23 heavy (non-hydrogen) atoms. The second kappa shape index (κ2) is 9.12. The highest BCUT2D eigenvalue weighted by atomic mass is 16.6. The third-order valence-electron chi connectivity index (χ3n) is 3.43. The zero-order chi connectivity index (χ0) is 16.5. The first-order valence-corrected chi connectivity index (χ1v) is 7.54. The van der Waals surface area contributed by atoms with Crippen molar-refractivity contribution >= 4 is 12.1 Å². The number of hydrogen-bond donors (Lipinski definition) is 1. The Labute approximate surface area is 134 Å². The van der Waals surface area contributed by atoms with E-state index in [2.05, 4.69) is 0 Å². The molecule has 1 amide bonds. The standard InChI is InChI=1S/C16H21NO6/c18-15(19)14-11-21-8-4-5-9-22-12-17(14)16(20)23-10-13-6-2-1-3-7-13/h1-3,6-7,14H,4-5,8-12H2,(H,18,19)/t14-/m0/s1. The smallest absolute Gasteiger partial charge is 0.412 e. The molecular formula is C16H21NO6. The Morgan fingerprint density at radius 2 is 1.87 bits per heavy atom. The maximum absolute atomic E-state index is 12.3. The predicted molar refractivity (Wildman–Crippen MR) is 80.8 cm³/mol. The Morgan fingerprint density at radius 1 is 1.17 bits per heavy atom. The van der Waals surface area contributed by atoms with E-state index in [9.17, 15) is 14.7 Å². The summed E-state index contributed by atoms with van der Waals surface area (Å²) in [6, 6.07) is 8.06. The van der Waals surface area contributed by atoms with E-state index < -0.39 is 18.1 Å². The number of carbonyl (C=O) groups excluding carboxylic acids is 1. The van der Waals surface area contributed by atoms with Gasteiger partial charge in [-0.2, -0.15) is 0 Å². The van der Waals surface area contributed by atoms with Crippen molar-refractivity contribution < 1.29 is 28.9 Å². The van der Waals surface area contributed by atoms with E-state index in [0.29, 0.717) is 13.2 Å². The fourth-order valence-electron chi connectivity index (χ4n) is 2.13. The molecule has 126 valence electrons. The molecule has 1 atom stereocenters. The molecule has 0 saturated carbocycles. The van der Waals surface area contributed by atoms with Crippen molar-refractivity contribution in [3.63, 3.8) is 0 Å². The van der Waals surface area contributed by atoms with Crippen LogP contribution in [-0.2, 0) is 25.6 Å². The first kappa shape index (κ1) is 17.2. The fourth-order valence-corrected chi connectivity index (χ4v) is 2.13. The Hall–Kier alpha value is -2.12. The Bertz CT molecular complexity index is 507. The van der Waals surface area contributed by atoms with Gasteiger partial charge in [0.2, 0.25) is 0 Å². The zero-order valence-electron chi connectivity index (χ0n) is 12.8. The average Bonchev–Trinajstić information content (AvgIpc) is 2.57. The van der Waals surface area contributed by atoms with Gasteiger partial charge in [-0.05, 0) is 18.4 Å². The second-order valence-electron chi connectivity index (χ2n) is 5.18. The van der Waals surface area contributed by atoms with Gasteiger partial charge in [-0.15, -0.1) is 0 Å². The van der Waals surface area contributed by atoms with Crippen LogP contribution in [-0.4, -0.2) is 54.7 Å². The summed E-state index contributed by atoms with van der Waals surface area (Å²) in [5, 5.41) is 9.34. The summed E-state index contributed by atoms with van der Waals surface area (Å²) < 4.78 is 15.9. The Kier molecular flexibility index (Phi) is 6.83. The quantitative estimate of drug-likeness (QED) is 0.914. The molecule has 0 spiro atoms. The van der Waals surface area contributed by atoms with E-state index in [4.69, 9.17) is 14.2 Å². The minimum absolute atomic E-state index is 0.0728. The van der Waals surface area contributed by atoms with Crippen molar-refractivity contribution in [2.45, 2.75) is 25.5 Å². The molecule has 1 aliphatic heterocycles. The van der Waals surface area contributed by atoms with Gasteiger partial charge in [0.15, 0.2) is 6.04 Å². The van der Waals surface area contributed by atoms with Gasteiger partial charge in [-0.25, -0.2) is 9.59 Å². The number of nitrogens with zero attached hydrogens (tertiary/aromatic N) is 1. The minimum atomic E-state index is -1.15. The van der Waals surface area contributed by atoms with Gasteiger partial charge in [-0.1, -0.05) is 30.3 Å². The summed E-state index contributed by atoms with van der Waals surface area (Å²) in [5.41, 5.74) is 0.825. The second-order valence-corrected chi connectivity index (χ2v) is 5.18. The highest BCUT2D eigenvalue weighted by molar-refractivity contribution is 5.80. The molecule has 1 saturated heterocycles. The van der Waals surface area contributed by atoms with Crippen molar-refractivity contribution in [2.24, 2.45) is 0 Å². The first-order valence-electron chi connectivity index (χ1n) is 7.54. The number of benzene rings is 1. The highest BCUT2D eigenvalue weighted by Gasteiger charge is 2.31. The summed E-state index contributed by atoms with van der Waals surface area (Å²) >= 11 is 0. The van der Waals surface area contributed by atoms with Crippen LogP contribution in [0.3, 0.4) is 0 Å².